The maximum atomic E-state index is 13.1. The van der Waals surface area contributed by atoms with Gasteiger partial charge in [0.25, 0.3) is 10.0 Å². The lowest BCUT2D eigenvalue weighted by Gasteiger charge is -2.20. The smallest absolute Gasteiger partial charge is 0.279 e. The van der Waals surface area contributed by atoms with Crippen molar-refractivity contribution in [2.45, 2.75) is 28.6 Å². The van der Waals surface area contributed by atoms with Gasteiger partial charge < -0.3 is 0 Å². The summed E-state index contributed by atoms with van der Waals surface area (Å²) in [7, 11) is -4.30. The topological polar surface area (TPSA) is 59.1 Å². The van der Waals surface area contributed by atoms with E-state index in [2.05, 4.69) is 9.71 Å². The molecule has 0 bridgehead atoms. The molecule has 1 atom stereocenters. The molecule has 11 heteroatoms. The fourth-order valence-electron chi connectivity index (χ4n) is 2.61. The van der Waals surface area contributed by atoms with Crippen LogP contribution in [0.4, 0.5) is 13.2 Å². The zero-order valence-corrected chi connectivity index (χ0v) is 18.3. The molecule has 1 aromatic carbocycles. The molecule has 1 N–H and O–H groups in total. The molecule has 1 aromatic heterocycles. The third-order valence-corrected chi connectivity index (χ3v) is 7.18. The zero-order valence-electron chi connectivity index (χ0n) is 15.2. The van der Waals surface area contributed by atoms with E-state index in [1.165, 1.54) is 17.8 Å². The molecule has 160 valence electrons. The summed E-state index contributed by atoms with van der Waals surface area (Å²) in [5.41, 5.74) is -0.211. The van der Waals surface area contributed by atoms with Crippen LogP contribution in [0.1, 0.15) is 17.7 Å². The second-order valence-electron chi connectivity index (χ2n) is 6.26. The summed E-state index contributed by atoms with van der Waals surface area (Å²) >= 11 is 13.1. The number of aromatic nitrogens is 1. The molecule has 1 aliphatic carbocycles. The number of hydrogen-bond acceptors (Lipinski definition) is 4. The van der Waals surface area contributed by atoms with E-state index in [1.807, 2.05) is 12.1 Å². The number of nitrogens with zero attached hydrogens (tertiary/aromatic N) is 1. The number of allylic oxidation sites excluding steroid dienone is 2. The Morgan fingerprint density at radius 2 is 2.00 bits per heavy atom. The number of halogens is 5. The molecule has 1 aliphatic rings. The predicted molar refractivity (Wildman–Crippen MR) is 113 cm³/mol. The lowest BCUT2D eigenvalue weighted by atomic mass is 10.1. The standard InChI is InChI=1S/C19H15Cl2F3N2O2S2/c20-12-4-7-18(29-11-13-3-1-2-8-25-13)17(9-12)26-30(27,28)14-5-6-16(21)15(10-14)19(22,23)24/h1-3,5-10,12,26H,4,11H2. The Labute approximate surface area is 186 Å². The highest BCUT2D eigenvalue weighted by Crippen LogP contribution is 2.37. The highest BCUT2D eigenvalue weighted by molar-refractivity contribution is 8.02. The third-order valence-electron chi connectivity index (χ3n) is 4.04. The van der Waals surface area contributed by atoms with Crippen molar-refractivity contribution in [3.63, 3.8) is 0 Å². The lowest BCUT2D eigenvalue weighted by molar-refractivity contribution is -0.137. The Hall–Kier alpha value is -1.68. The van der Waals surface area contributed by atoms with E-state index in [-0.39, 0.29) is 5.70 Å². The second kappa shape index (κ2) is 9.21. The zero-order chi connectivity index (χ0) is 21.9. The molecule has 0 amide bonds. The summed E-state index contributed by atoms with van der Waals surface area (Å²) in [6.45, 7) is 0. The molecule has 3 rings (SSSR count). The van der Waals surface area contributed by atoms with Crippen molar-refractivity contribution in [1.29, 1.82) is 0 Å². The molecule has 30 heavy (non-hydrogen) atoms. The minimum Gasteiger partial charge on any atom is -0.279 e. The average molecular weight is 495 g/mol. The lowest BCUT2D eigenvalue weighted by Crippen LogP contribution is -2.26. The Bertz CT molecular complexity index is 1090. The van der Waals surface area contributed by atoms with Crippen LogP contribution in [-0.4, -0.2) is 18.8 Å². The van der Waals surface area contributed by atoms with E-state index in [0.717, 1.165) is 17.8 Å². The van der Waals surface area contributed by atoms with Crippen molar-refractivity contribution >= 4 is 45.0 Å². The summed E-state index contributed by atoms with van der Waals surface area (Å²) in [6.07, 6.45) is 0.679. The van der Waals surface area contributed by atoms with Gasteiger partial charge >= 0.3 is 6.18 Å². The third kappa shape index (κ3) is 5.72. The van der Waals surface area contributed by atoms with Gasteiger partial charge in [-0.05, 0) is 42.8 Å². The van der Waals surface area contributed by atoms with Crippen LogP contribution >= 0.6 is 35.0 Å². The molecule has 0 fully saturated rings. The van der Waals surface area contributed by atoms with Gasteiger partial charge in [-0.1, -0.05) is 23.7 Å². The summed E-state index contributed by atoms with van der Waals surface area (Å²) in [6, 6.07) is 7.90. The second-order valence-corrected chi connectivity index (χ2v) is 9.92. The number of benzene rings is 1. The molecule has 4 nitrogen and oxygen atoms in total. The number of hydrogen-bond donors (Lipinski definition) is 1. The first-order valence-corrected chi connectivity index (χ1v) is 11.8. The molecule has 0 aliphatic heterocycles. The first kappa shape index (κ1) is 23.0. The van der Waals surface area contributed by atoms with Gasteiger partial charge in [0.15, 0.2) is 0 Å². The summed E-state index contributed by atoms with van der Waals surface area (Å²) in [5.74, 6) is 0.484. The first-order chi connectivity index (χ1) is 14.1. The van der Waals surface area contributed by atoms with Gasteiger partial charge in [-0.25, -0.2) is 8.42 Å². The quantitative estimate of drug-likeness (QED) is 0.519. The predicted octanol–water partition coefficient (Wildman–Crippen LogP) is 5.74. The highest BCUT2D eigenvalue weighted by Gasteiger charge is 2.34. The van der Waals surface area contributed by atoms with E-state index in [0.29, 0.717) is 23.1 Å². The van der Waals surface area contributed by atoms with Crippen molar-refractivity contribution in [3.05, 3.63) is 81.6 Å². The van der Waals surface area contributed by atoms with E-state index in [4.69, 9.17) is 23.2 Å². The van der Waals surface area contributed by atoms with Gasteiger partial charge in [0.2, 0.25) is 0 Å². The Kier molecular flexibility index (Phi) is 7.06. The maximum Gasteiger partial charge on any atom is 0.417 e. The van der Waals surface area contributed by atoms with Crippen LogP contribution in [0.25, 0.3) is 0 Å². The van der Waals surface area contributed by atoms with Gasteiger partial charge in [-0.3, -0.25) is 9.71 Å². The van der Waals surface area contributed by atoms with Crippen LogP contribution in [0, 0.1) is 0 Å². The van der Waals surface area contributed by atoms with Gasteiger partial charge in [0, 0.05) is 16.9 Å². The number of nitrogens with one attached hydrogen (secondary N) is 1. The fourth-order valence-corrected chi connectivity index (χ4v) is 5.18. The van der Waals surface area contributed by atoms with E-state index >= 15 is 0 Å². The molecule has 0 radical (unpaired) electrons. The summed E-state index contributed by atoms with van der Waals surface area (Å²) < 4.78 is 67.2. The molecular formula is C19H15Cl2F3N2O2S2. The van der Waals surface area contributed by atoms with Crippen molar-refractivity contribution < 1.29 is 21.6 Å². The van der Waals surface area contributed by atoms with Gasteiger partial charge in [0.05, 0.1) is 32.2 Å². The number of rotatable bonds is 6. The van der Waals surface area contributed by atoms with Crippen LogP contribution in [0.2, 0.25) is 5.02 Å². The molecule has 1 heterocycles. The first-order valence-electron chi connectivity index (χ1n) is 8.55. The minimum absolute atomic E-state index is 0.214. The van der Waals surface area contributed by atoms with Gasteiger partial charge in [-0.2, -0.15) is 13.2 Å². The number of pyridine rings is 1. The Morgan fingerprint density at radius 3 is 2.67 bits per heavy atom. The van der Waals surface area contributed by atoms with Crippen molar-refractivity contribution in [2.75, 3.05) is 0 Å². The van der Waals surface area contributed by atoms with E-state index in [1.54, 1.807) is 18.3 Å². The molecule has 0 saturated carbocycles. The Balaban J connectivity index is 1.84. The van der Waals surface area contributed by atoms with Crippen molar-refractivity contribution in [3.8, 4) is 0 Å². The van der Waals surface area contributed by atoms with Crippen LogP contribution in [0.15, 0.2) is 70.2 Å². The van der Waals surface area contributed by atoms with Crippen LogP contribution in [0.5, 0.6) is 0 Å². The highest BCUT2D eigenvalue weighted by atomic mass is 35.5. The normalized spacial score (nSPS) is 17.3. The summed E-state index contributed by atoms with van der Waals surface area (Å²) in [5, 5.41) is -1.02. The molecule has 2 aromatic rings. The van der Waals surface area contributed by atoms with Gasteiger partial charge in [-0.15, -0.1) is 23.4 Å². The van der Waals surface area contributed by atoms with Crippen LogP contribution < -0.4 is 4.72 Å². The molecular weight excluding hydrogens is 480 g/mol. The minimum atomic E-state index is -4.78. The largest absolute Gasteiger partial charge is 0.417 e. The fraction of sp³-hybridized carbons (Fsp3) is 0.211. The van der Waals surface area contributed by atoms with Crippen molar-refractivity contribution in [1.82, 2.24) is 9.71 Å². The van der Waals surface area contributed by atoms with Crippen LogP contribution in [-0.2, 0) is 22.0 Å². The number of alkyl halides is 4. The number of thioether (sulfide) groups is 1. The van der Waals surface area contributed by atoms with Gasteiger partial charge in [0.1, 0.15) is 0 Å². The van der Waals surface area contributed by atoms with Crippen LogP contribution in [0.3, 0.4) is 0 Å². The Morgan fingerprint density at radius 1 is 1.23 bits per heavy atom. The molecule has 1 unspecified atom stereocenters. The van der Waals surface area contributed by atoms with Crippen molar-refractivity contribution in [2.24, 2.45) is 0 Å². The number of sulfonamides is 1. The molecule has 0 spiro atoms. The van der Waals surface area contributed by atoms with E-state index in [9.17, 15) is 21.6 Å². The average Bonchev–Trinajstić information content (AvgIpc) is 2.67. The maximum absolute atomic E-state index is 13.1. The summed E-state index contributed by atoms with van der Waals surface area (Å²) in [4.78, 5) is 4.28. The molecule has 0 saturated heterocycles. The monoisotopic (exact) mass is 494 g/mol. The van der Waals surface area contributed by atoms with E-state index < -0.39 is 37.1 Å². The SMILES string of the molecule is O=S(=O)(NC1=CC(Cl)CC=C1SCc1ccccn1)c1ccc(Cl)c(C(F)(F)F)c1.